The first-order chi connectivity index (χ1) is 70.4. The average molecular weight is 1970 g/mol. The van der Waals surface area contributed by atoms with Gasteiger partial charge in [0.2, 0.25) is 29.1 Å². The first-order valence-corrected chi connectivity index (χ1v) is 49.0. The molecule has 0 saturated carbocycles. The Morgan fingerprint density at radius 3 is 1.05 bits per heavy atom. The molecule has 28 nitrogen and oxygen atoms in total. The number of rotatable bonds is 35. The maximum Gasteiger partial charge on any atom is 0.417 e. The fourth-order valence-electron chi connectivity index (χ4n) is 16.9. The molecule has 18 rings (SSSR count). The van der Waals surface area contributed by atoms with Crippen molar-refractivity contribution in [3.8, 4) is 171 Å². The van der Waals surface area contributed by atoms with Crippen molar-refractivity contribution >= 4 is 5.69 Å². The molecule has 754 valence electrons. The van der Waals surface area contributed by atoms with E-state index in [0.29, 0.717) is 163 Å². The first-order valence-electron chi connectivity index (χ1n) is 49.0. The van der Waals surface area contributed by atoms with E-state index in [1.54, 1.807) is 42.5 Å². The quantitative estimate of drug-likeness (QED) is 0.0333. The SMILES string of the molecule is CCOc1ccc(-c2nc(-c3ccc(CN(C)C)cc3C)no2)cc1OCC.CCOc1ccc(-c2nc(-c3cccc(CN(C)C)c3C)no2)cc1OCC.CCOc1ccc(-c2nc(-c3cccc(CN4CCCC4)c3C)no2)cc1OCC.FC(F)(F)c1cc(-c2nc(-c3ccc(CN4CCCC4)cc3)no2)ccc1-c1ccccc1.[C-]#[N+]c1ccc(-c2noc(-c3ccc(OCC)c(OCC)c3)n2)c(C)c1. The van der Waals surface area contributed by atoms with Gasteiger partial charge in [0.1, 0.15) is 0 Å². The Morgan fingerprint density at radius 2 is 0.655 bits per heavy atom. The topological polar surface area (TPSA) is 286 Å². The molecule has 2 aliphatic rings. The fraction of sp³-hybridized carbons (Fsp3) is 0.325. The van der Waals surface area contributed by atoms with Crippen LogP contribution in [0.1, 0.15) is 131 Å². The molecule has 0 unspecified atom stereocenters. The van der Waals surface area contributed by atoms with Gasteiger partial charge >= 0.3 is 6.18 Å². The van der Waals surface area contributed by atoms with E-state index in [2.05, 4.69) is 161 Å². The second kappa shape index (κ2) is 51.0. The summed E-state index contributed by atoms with van der Waals surface area (Å²) in [4.78, 5) is 35.4. The zero-order valence-corrected chi connectivity index (χ0v) is 85.1. The van der Waals surface area contributed by atoms with E-state index in [1.165, 1.54) is 72.7 Å². The molecule has 31 heteroatoms. The lowest BCUT2D eigenvalue weighted by Crippen LogP contribution is -2.19. The number of aromatic nitrogens is 10. The second-order valence-corrected chi connectivity index (χ2v) is 34.9. The van der Waals surface area contributed by atoms with E-state index in [-0.39, 0.29) is 17.0 Å². The highest BCUT2D eigenvalue weighted by atomic mass is 19.4. The number of likely N-dealkylation sites (tertiary alicyclic amines) is 2. The monoisotopic (exact) mass is 1970 g/mol. The van der Waals surface area contributed by atoms with Crippen molar-refractivity contribution in [3.05, 3.63) is 280 Å². The molecule has 0 bridgehead atoms. The summed E-state index contributed by atoms with van der Waals surface area (Å²) >= 11 is 0. The van der Waals surface area contributed by atoms with E-state index in [1.807, 2.05) is 190 Å². The van der Waals surface area contributed by atoms with E-state index in [0.717, 1.165) is 112 Å². The summed E-state index contributed by atoms with van der Waals surface area (Å²) in [6, 6.07) is 67.2. The van der Waals surface area contributed by atoms with E-state index in [9.17, 15) is 13.2 Å². The van der Waals surface area contributed by atoms with Gasteiger partial charge in [0.05, 0.1) is 65.0 Å². The molecular weight excluding hydrogens is 1840 g/mol. The van der Waals surface area contributed by atoms with Crippen LogP contribution in [-0.4, -0.2) is 178 Å². The minimum Gasteiger partial charge on any atom is -0.490 e. The summed E-state index contributed by atoms with van der Waals surface area (Å²) in [5.41, 5.74) is 17.8. The second-order valence-electron chi connectivity index (χ2n) is 34.9. The highest BCUT2D eigenvalue weighted by molar-refractivity contribution is 5.75. The number of ether oxygens (including phenoxy) is 8. The lowest BCUT2D eigenvalue weighted by atomic mass is 9.97. The molecule has 2 aliphatic heterocycles. The van der Waals surface area contributed by atoms with Gasteiger partial charge in [-0.25, -0.2) is 4.85 Å². The molecule has 0 amide bonds. The van der Waals surface area contributed by atoms with Crippen LogP contribution in [0.15, 0.2) is 241 Å². The third-order valence-corrected chi connectivity index (χ3v) is 23.8. The van der Waals surface area contributed by atoms with Gasteiger partial charge < -0.3 is 70.3 Å². The van der Waals surface area contributed by atoms with Crippen LogP contribution in [-0.2, 0) is 32.4 Å². The average Bonchev–Trinajstić information content (AvgIpc) is 1.71. The standard InChI is InChI=1S/C26H22F3N3O.C24H29N3O3.2C22H27N3O3.C20H19N3O3/c27-26(28,29)23-16-21(12-13-22(23)19-6-2-1-3-7-19)25-30-24(31-33-25)20-10-8-18(9-11-20)17-32-14-4-5-15-32;1-4-28-21-12-11-18(15-22(21)29-5-2)24-25-23(26-30-24)20-10-8-9-19(17(20)3)16-27-13-6-7-14-27;1-6-26-19-11-9-17(13-20(19)27-7-2)22-23-21(24-28-22)18-10-8-16(12-15(18)3)14-25(4)5;1-6-26-19-12-11-16(13-20(19)27-7-2)22-23-21(24-28-22)18-10-8-9-17(15(18)3)14-25(4)5;1-5-24-17-10-7-14(12-18(17)25-6-2)20-22-19(23-26-20)16-9-8-15(21-4)11-13(16)3/h1-3,6-13,16H,4-5,14-15,17H2;8-12,15H,4-7,13-14,16H2,1-3H3;2*8-13H,6-7,14H2,1-5H3;7-12H,5-6H2,1-3H3. The zero-order valence-electron chi connectivity index (χ0n) is 85.1. The Bertz CT molecular complexity index is 6960. The van der Waals surface area contributed by atoms with Gasteiger partial charge in [-0.1, -0.05) is 165 Å². The lowest BCUT2D eigenvalue weighted by molar-refractivity contribution is -0.137. The van der Waals surface area contributed by atoms with Crippen molar-refractivity contribution in [2.45, 2.75) is 141 Å². The number of benzene rings is 11. The summed E-state index contributed by atoms with van der Waals surface area (Å²) in [6.45, 7) is 43.5. The van der Waals surface area contributed by atoms with Crippen LogP contribution in [0.4, 0.5) is 18.9 Å². The van der Waals surface area contributed by atoms with E-state index < -0.39 is 11.7 Å². The Balaban J connectivity index is 0.000000144. The van der Waals surface area contributed by atoms with E-state index >= 15 is 0 Å². The first kappa shape index (κ1) is 105. The third-order valence-electron chi connectivity index (χ3n) is 23.8. The van der Waals surface area contributed by atoms with Crippen LogP contribution in [0.5, 0.6) is 46.0 Å². The highest BCUT2D eigenvalue weighted by Gasteiger charge is 2.35. The summed E-state index contributed by atoms with van der Waals surface area (Å²) in [5.74, 6) is 9.92. The Morgan fingerprint density at radius 1 is 0.317 bits per heavy atom. The molecule has 0 spiro atoms. The third kappa shape index (κ3) is 27.8. The van der Waals surface area contributed by atoms with E-state index in [4.69, 9.17) is 67.1 Å². The molecule has 16 aromatic rings. The van der Waals surface area contributed by atoms with Crippen LogP contribution in [0, 0.1) is 34.3 Å². The predicted molar refractivity (Wildman–Crippen MR) is 555 cm³/mol. The predicted octanol–water partition coefficient (Wildman–Crippen LogP) is 26.0. The molecule has 0 aliphatic carbocycles. The molecule has 5 aromatic heterocycles. The molecule has 0 N–H and O–H groups in total. The van der Waals surface area contributed by atoms with Crippen molar-refractivity contribution in [2.24, 2.45) is 0 Å². The molecule has 0 radical (unpaired) electrons. The van der Waals surface area contributed by atoms with Gasteiger partial charge in [0.15, 0.2) is 51.7 Å². The van der Waals surface area contributed by atoms with Crippen molar-refractivity contribution < 1.29 is 73.7 Å². The molecule has 0 atom stereocenters. The molecule has 7 heterocycles. The number of hydrogen-bond donors (Lipinski definition) is 0. The minimum absolute atomic E-state index is 0.0521. The zero-order chi connectivity index (χ0) is 102. The van der Waals surface area contributed by atoms with Gasteiger partial charge in [-0.3, -0.25) is 9.80 Å². The lowest BCUT2D eigenvalue weighted by Gasteiger charge is -2.17. The number of nitrogens with zero attached hydrogens (tertiary/aromatic N) is 15. The van der Waals surface area contributed by atoms with Gasteiger partial charge in [-0.2, -0.15) is 38.1 Å². The van der Waals surface area contributed by atoms with Gasteiger partial charge in [-0.15, -0.1) is 0 Å². The van der Waals surface area contributed by atoms with Gasteiger partial charge in [0.25, 0.3) is 29.5 Å². The summed E-state index contributed by atoms with van der Waals surface area (Å²) in [6.07, 6.45) is 0.547. The van der Waals surface area contributed by atoms with Crippen molar-refractivity contribution in [2.75, 3.05) is 107 Å². The van der Waals surface area contributed by atoms with Crippen molar-refractivity contribution in [1.82, 2.24) is 70.3 Å². The number of alkyl halides is 3. The molecule has 2 saturated heterocycles. The molecule has 2 fully saturated rings. The molecule has 145 heavy (non-hydrogen) atoms. The van der Waals surface area contributed by atoms with Gasteiger partial charge in [-0.05, 0) is 298 Å². The number of hydrogen-bond acceptors (Lipinski definition) is 27. The van der Waals surface area contributed by atoms with Crippen molar-refractivity contribution in [1.29, 1.82) is 0 Å². The van der Waals surface area contributed by atoms with Crippen LogP contribution in [0.3, 0.4) is 0 Å². The normalized spacial score (nSPS) is 12.4. The van der Waals surface area contributed by atoms with Crippen LogP contribution < -0.4 is 37.9 Å². The Hall–Kier alpha value is -15.4. The summed E-state index contributed by atoms with van der Waals surface area (Å²) in [5, 5.41) is 20.7. The minimum atomic E-state index is -4.52. The number of halogens is 3. The van der Waals surface area contributed by atoms with Gasteiger partial charge in [0, 0.05) is 81.8 Å². The van der Waals surface area contributed by atoms with Crippen molar-refractivity contribution in [3.63, 3.8) is 0 Å². The fourth-order valence-corrected chi connectivity index (χ4v) is 16.9. The highest BCUT2D eigenvalue weighted by Crippen LogP contribution is 2.43. The Kier molecular flexibility index (Phi) is 37.1. The number of aryl methyl sites for hydroxylation is 2. The smallest absolute Gasteiger partial charge is 0.417 e. The van der Waals surface area contributed by atoms with Crippen LogP contribution in [0.2, 0.25) is 0 Å². The summed E-state index contributed by atoms with van der Waals surface area (Å²) < 4.78 is 114. The molecular formula is C114H124F3N15O13. The van der Waals surface area contributed by atoms with Crippen LogP contribution >= 0.6 is 0 Å². The van der Waals surface area contributed by atoms with Crippen LogP contribution in [0.25, 0.3) is 130 Å². The maximum absolute atomic E-state index is 13.8. The summed E-state index contributed by atoms with van der Waals surface area (Å²) in [7, 11) is 8.23. The Labute approximate surface area is 844 Å². The maximum atomic E-state index is 13.8. The molecule has 11 aromatic carbocycles. The largest absolute Gasteiger partial charge is 0.490 e.